The molecule has 1 aliphatic carbocycles. The number of nitrogens with zero attached hydrogens (tertiary/aromatic N) is 2. The Morgan fingerprint density at radius 1 is 0.969 bits per heavy atom. The first-order valence-electron chi connectivity index (χ1n) is 12.2. The molecule has 2 aliphatic rings. The Hall–Kier alpha value is -2.69. The molecule has 1 saturated carbocycles. The second-order valence-corrected chi connectivity index (χ2v) is 9.41. The van der Waals surface area contributed by atoms with Gasteiger partial charge in [0.05, 0.1) is 5.41 Å². The average molecular weight is 434 g/mol. The quantitative estimate of drug-likeness (QED) is 0.723. The van der Waals surface area contributed by atoms with Gasteiger partial charge in [-0.1, -0.05) is 43.5 Å². The molecule has 5 heteroatoms. The molecule has 0 bridgehead atoms. The van der Waals surface area contributed by atoms with Gasteiger partial charge >= 0.3 is 0 Å². The van der Waals surface area contributed by atoms with Crippen LogP contribution >= 0.6 is 0 Å². The van der Waals surface area contributed by atoms with E-state index in [4.69, 9.17) is 0 Å². The summed E-state index contributed by atoms with van der Waals surface area (Å²) in [6.45, 7) is 3.96. The molecule has 1 saturated heterocycles. The Labute approximate surface area is 191 Å². The van der Waals surface area contributed by atoms with E-state index in [9.17, 15) is 9.59 Å². The highest BCUT2D eigenvalue weighted by Crippen LogP contribution is 2.37. The fourth-order valence-electron chi connectivity index (χ4n) is 5.35. The number of piperidine rings is 1. The third-order valence-corrected chi connectivity index (χ3v) is 7.32. The van der Waals surface area contributed by atoms with Crippen LogP contribution in [0.5, 0.6) is 0 Å². The number of pyridine rings is 1. The third kappa shape index (κ3) is 5.03. The first-order chi connectivity index (χ1) is 15.6. The topological polar surface area (TPSA) is 62.3 Å². The van der Waals surface area contributed by atoms with Gasteiger partial charge in [0.1, 0.15) is 0 Å². The fourth-order valence-corrected chi connectivity index (χ4v) is 5.35. The molecule has 0 unspecified atom stereocenters. The van der Waals surface area contributed by atoms with Crippen LogP contribution in [-0.4, -0.2) is 41.3 Å². The Bertz CT molecular complexity index is 896. The van der Waals surface area contributed by atoms with Gasteiger partial charge in [-0.25, -0.2) is 0 Å². The van der Waals surface area contributed by atoms with Gasteiger partial charge in [-0.2, -0.15) is 0 Å². The average Bonchev–Trinajstić information content (AvgIpc) is 2.86. The van der Waals surface area contributed by atoms with Crippen LogP contribution in [0.1, 0.15) is 57.4 Å². The molecule has 2 aromatic rings. The smallest absolute Gasteiger partial charge is 0.226 e. The molecule has 2 amide bonds. The molecule has 5 nitrogen and oxygen atoms in total. The molecule has 0 spiro atoms. The zero-order valence-corrected chi connectivity index (χ0v) is 19.2. The van der Waals surface area contributed by atoms with Gasteiger partial charge in [-0.3, -0.25) is 14.6 Å². The normalized spacial score (nSPS) is 18.8. The van der Waals surface area contributed by atoms with Crippen molar-refractivity contribution >= 4 is 11.8 Å². The largest absolute Gasteiger partial charge is 0.356 e. The summed E-state index contributed by atoms with van der Waals surface area (Å²) < 4.78 is 0. The molecule has 1 aromatic heterocycles. The van der Waals surface area contributed by atoms with Crippen molar-refractivity contribution in [3.8, 4) is 11.1 Å². The summed E-state index contributed by atoms with van der Waals surface area (Å²) in [7, 11) is 0. The van der Waals surface area contributed by atoms with Crippen LogP contribution in [-0.2, 0) is 16.0 Å². The van der Waals surface area contributed by atoms with Gasteiger partial charge in [0, 0.05) is 37.9 Å². The van der Waals surface area contributed by atoms with E-state index in [0.29, 0.717) is 32.0 Å². The summed E-state index contributed by atoms with van der Waals surface area (Å²) in [5.41, 5.74) is 3.01. The fraction of sp³-hybridized carbons (Fsp3) is 0.519. The van der Waals surface area contributed by atoms with Crippen LogP contribution in [0, 0.1) is 11.3 Å². The molecule has 2 fully saturated rings. The van der Waals surface area contributed by atoms with Crippen molar-refractivity contribution in [2.45, 2.75) is 58.3 Å². The minimum atomic E-state index is -0.447. The van der Waals surface area contributed by atoms with Gasteiger partial charge in [0.2, 0.25) is 11.8 Å². The molecule has 2 heterocycles. The summed E-state index contributed by atoms with van der Waals surface area (Å²) in [4.78, 5) is 32.3. The van der Waals surface area contributed by atoms with Crippen molar-refractivity contribution in [3.63, 3.8) is 0 Å². The number of nitrogens with one attached hydrogen (secondary N) is 1. The molecule has 0 radical (unpaired) electrons. The lowest BCUT2D eigenvalue weighted by Gasteiger charge is -2.42. The molecule has 32 heavy (non-hydrogen) atoms. The molecule has 170 valence electrons. The summed E-state index contributed by atoms with van der Waals surface area (Å²) in [6.07, 6.45) is 11.4. The minimum absolute atomic E-state index is 0.128. The van der Waals surface area contributed by atoms with E-state index >= 15 is 0 Å². The van der Waals surface area contributed by atoms with Crippen molar-refractivity contribution in [1.82, 2.24) is 15.2 Å². The van der Waals surface area contributed by atoms with Gasteiger partial charge < -0.3 is 10.2 Å². The predicted molar refractivity (Wildman–Crippen MR) is 127 cm³/mol. The summed E-state index contributed by atoms with van der Waals surface area (Å²) in [5, 5.41) is 3.07. The SMILES string of the molecule is CCNC(=O)C1(Cc2ccc(-c3ccncc3)cc2)CCN(C(=O)C2CCCCC2)CC1. The standard InChI is InChI=1S/C27H35N3O2/c1-2-29-26(32)27(14-18-30(19-15-27)25(31)24-6-4-3-5-7-24)20-21-8-10-22(11-9-21)23-12-16-28-17-13-23/h8-13,16-17,24H,2-7,14-15,18-20H2,1H3,(H,29,32). The summed E-state index contributed by atoms with van der Waals surface area (Å²) in [5.74, 6) is 0.639. The first kappa shape index (κ1) is 22.5. The van der Waals surface area contributed by atoms with E-state index < -0.39 is 5.41 Å². The maximum absolute atomic E-state index is 13.2. The second-order valence-electron chi connectivity index (χ2n) is 9.41. The van der Waals surface area contributed by atoms with E-state index in [1.54, 1.807) is 12.4 Å². The maximum atomic E-state index is 13.2. The summed E-state index contributed by atoms with van der Waals surface area (Å²) >= 11 is 0. The van der Waals surface area contributed by atoms with Gasteiger partial charge in [-0.15, -0.1) is 0 Å². The minimum Gasteiger partial charge on any atom is -0.356 e. The number of aromatic nitrogens is 1. The third-order valence-electron chi connectivity index (χ3n) is 7.32. The highest BCUT2D eigenvalue weighted by Gasteiger charge is 2.42. The van der Waals surface area contributed by atoms with E-state index in [0.717, 1.165) is 36.8 Å². The van der Waals surface area contributed by atoms with Gasteiger partial charge in [0.15, 0.2) is 0 Å². The van der Waals surface area contributed by atoms with Gasteiger partial charge in [0.25, 0.3) is 0 Å². The molecule has 1 N–H and O–H groups in total. The number of amides is 2. The van der Waals surface area contributed by atoms with Crippen molar-refractivity contribution < 1.29 is 9.59 Å². The molecule has 1 aliphatic heterocycles. The number of hydrogen-bond acceptors (Lipinski definition) is 3. The molecular weight excluding hydrogens is 398 g/mol. The van der Waals surface area contributed by atoms with E-state index in [-0.39, 0.29) is 11.8 Å². The van der Waals surface area contributed by atoms with Crippen LogP contribution in [0.4, 0.5) is 0 Å². The number of likely N-dealkylation sites (tertiary alicyclic amines) is 1. The Morgan fingerprint density at radius 3 is 2.22 bits per heavy atom. The van der Waals surface area contributed by atoms with Crippen LogP contribution in [0.2, 0.25) is 0 Å². The van der Waals surface area contributed by atoms with Crippen molar-refractivity contribution in [2.24, 2.45) is 11.3 Å². The highest BCUT2D eigenvalue weighted by atomic mass is 16.2. The lowest BCUT2D eigenvalue weighted by atomic mass is 9.72. The van der Waals surface area contributed by atoms with E-state index in [1.165, 1.54) is 24.8 Å². The Kier molecular flexibility index (Phi) is 7.23. The lowest BCUT2D eigenvalue weighted by molar-refractivity contribution is -0.143. The van der Waals surface area contributed by atoms with Crippen molar-refractivity contribution in [2.75, 3.05) is 19.6 Å². The first-order valence-corrected chi connectivity index (χ1v) is 12.2. The number of rotatable bonds is 6. The number of carbonyl (C=O) groups excluding carboxylic acids is 2. The molecule has 0 atom stereocenters. The van der Waals surface area contributed by atoms with Crippen molar-refractivity contribution in [1.29, 1.82) is 0 Å². The Balaban J connectivity index is 1.46. The lowest BCUT2D eigenvalue weighted by Crippen LogP contribution is -2.52. The van der Waals surface area contributed by atoms with Crippen LogP contribution < -0.4 is 5.32 Å². The van der Waals surface area contributed by atoms with Crippen LogP contribution in [0.3, 0.4) is 0 Å². The maximum Gasteiger partial charge on any atom is 0.226 e. The number of benzene rings is 1. The molecule has 1 aromatic carbocycles. The zero-order valence-electron chi connectivity index (χ0n) is 19.2. The highest BCUT2D eigenvalue weighted by molar-refractivity contribution is 5.84. The van der Waals surface area contributed by atoms with Gasteiger partial charge in [-0.05, 0) is 67.9 Å². The molecule has 4 rings (SSSR count). The second kappa shape index (κ2) is 10.3. The van der Waals surface area contributed by atoms with Crippen LogP contribution in [0.25, 0.3) is 11.1 Å². The zero-order chi connectivity index (χ0) is 22.4. The van der Waals surface area contributed by atoms with E-state index in [2.05, 4.69) is 34.6 Å². The molecular formula is C27H35N3O2. The van der Waals surface area contributed by atoms with Crippen molar-refractivity contribution in [3.05, 3.63) is 54.4 Å². The number of carbonyl (C=O) groups is 2. The summed E-state index contributed by atoms with van der Waals surface area (Å²) in [6, 6.07) is 12.5. The van der Waals surface area contributed by atoms with Crippen LogP contribution in [0.15, 0.2) is 48.8 Å². The Morgan fingerprint density at radius 2 is 1.59 bits per heavy atom. The number of hydrogen-bond donors (Lipinski definition) is 1. The van der Waals surface area contributed by atoms with E-state index in [1.807, 2.05) is 24.0 Å². The monoisotopic (exact) mass is 433 g/mol. The predicted octanol–water partition coefficient (Wildman–Crippen LogP) is 4.62.